The first-order valence-corrected chi connectivity index (χ1v) is 8.51. The molecule has 0 aromatic heterocycles. The Morgan fingerprint density at radius 1 is 1.20 bits per heavy atom. The molecule has 0 amide bonds. The van der Waals surface area contributed by atoms with Crippen LogP contribution in [0, 0.1) is 17.3 Å². The molecule has 20 heavy (non-hydrogen) atoms. The van der Waals surface area contributed by atoms with Gasteiger partial charge >= 0.3 is 5.97 Å². The van der Waals surface area contributed by atoms with E-state index in [1.54, 1.807) is 0 Å². The van der Waals surface area contributed by atoms with Crippen molar-refractivity contribution in [2.24, 2.45) is 17.3 Å². The Hall–Kier alpha value is -0.570. The highest BCUT2D eigenvalue weighted by atomic mass is 16.4. The van der Waals surface area contributed by atoms with Crippen LogP contribution >= 0.6 is 0 Å². The molecule has 1 N–H and O–H groups in total. The summed E-state index contributed by atoms with van der Waals surface area (Å²) < 4.78 is 0. The van der Waals surface area contributed by atoms with Crippen LogP contribution < -0.4 is 0 Å². The standard InChI is InChI=1S/C17H31NO2/c1-3-4-15-7-11-18(12-8-15)13-17(16(19)20)9-5-14(2)6-10-17/h14-15H,3-13H2,1-2H3,(H,19,20). The summed E-state index contributed by atoms with van der Waals surface area (Å²) in [5.41, 5.74) is -0.454. The lowest BCUT2D eigenvalue weighted by Crippen LogP contribution is -2.47. The second-order valence-electron chi connectivity index (χ2n) is 7.28. The topological polar surface area (TPSA) is 40.5 Å². The predicted molar refractivity (Wildman–Crippen MR) is 81.8 cm³/mol. The van der Waals surface area contributed by atoms with Gasteiger partial charge < -0.3 is 10.0 Å². The van der Waals surface area contributed by atoms with Crippen LogP contribution in [0.25, 0.3) is 0 Å². The molecule has 1 aliphatic heterocycles. The van der Waals surface area contributed by atoms with Crippen molar-refractivity contribution in [1.29, 1.82) is 0 Å². The summed E-state index contributed by atoms with van der Waals surface area (Å²) in [4.78, 5) is 14.2. The molecule has 2 aliphatic rings. The van der Waals surface area contributed by atoms with E-state index < -0.39 is 11.4 Å². The molecule has 0 spiro atoms. The quantitative estimate of drug-likeness (QED) is 0.833. The summed E-state index contributed by atoms with van der Waals surface area (Å²) in [6.07, 6.45) is 9.06. The van der Waals surface area contributed by atoms with Crippen molar-refractivity contribution in [2.45, 2.75) is 65.2 Å². The minimum atomic E-state index is -0.555. The van der Waals surface area contributed by atoms with E-state index in [1.165, 1.54) is 25.7 Å². The number of hydrogen-bond acceptors (Lipinski definition) is 2. The molecule has 3 nitrogen and oxygen atoms in total. The van der Waals surface area contributed by atoms with Crippen LogP contribution in [0.3, 0.4) is 0 Å². The zero-order valence-corrected chi connectivity index (χ0v) is 13.2. The van der Waals surface area contributed by atoms with Crippen molar-refractivity contribution in [2.75, 3.05) is 19.6 Å². The van der Waals surface area contributed by atoms with Crippen molar-refractivity contribution in [3.05, 3.63) is 0 Å². The third kappa shape index (κ3) is 3.75. The van der Waals surface area contributed by atoms with Crippen LogP contribution in [0.1, 0.15) is 65.2 Å². The predicted octanol–water partition coefficient (Wildman–Crippen LogP) is 3.78. The lowest BCUT2D eigenvalue weighted by atomic mass is 9.70. The second kappa shape index (κ2) is 6.93. The van der Waals surface area contributed by atoms with Gasteiger partial charge in [0, 0.05) is 6.54 Å². The fourth-order valence-corrected chi connectivity index (χ4v) is 4.02. The largest absolute Gasteiger partial charge is 0.481 e. The molecular formula is C17H31NO2. The van der Waals surface area contributed by atoms with Gasteiger partial charge in [-0.15, -0.1) is 0 Å². The average molecular weight is 281 g/mol. The third-order valence-electron chi connectivity index (χ3n) is 5.62. The molecule has 1 saturated heterocycles. The highest BCUT2D eigenvalue weighted by Crippen LogP contribution is 2.40. The summed E-state index contributed by atoms with van der Waals surface area (Å²) in [6, 6.07) is 0. The fourth-order valence-electron chi connectivity index (χ4n) is 4.02. The zero-order chi connectivity index (χ0) is 14.6. The average Bonchev–Trinajstić information content (AvgIpc) is 2.44. The van der Waals surface area contributed by atoms with Crippen LogP contribution in [0.4, 0.5) is 0 Å². The van der Waals surface area contributed by atoms with Crippen molar-refractivity contribution in [3.63, 3.8) is 0 Å². The monoisotopic (exact) mass is 281 g/mol. The molecule has 2 rings (SSSR count). The number of carboxylic acids is 1. The Kier molecular flexibility index (Phi) is 5.48. The SMILES string of the molecule is CCCC1CCN(CC2(C(=O)O)CCC(C)CC2)CC1. The molecule has 2 fully saturated rings. The minimum Gasteiger partial charge on any atom is -0.481 e. The Morgan fingerprint density at radius 3 is 2.30 bits per heavy atom. The number of hydrogen-bond donors (Lipinski definition) is 1. The van der Waals surface area contributed by atoms with Crippen LogP contribution in [0.5, 0.6) is 0 Å². The van der Waals surface area contributed by atoms with Crippen LogP contribution in [-0.4, -0.2) is 35.6 Å². The number of likely N-dealkylation sites (tertiary alicyclic amines) is 1. The van der Waals surface area contributed by atoms with Gasteiger partial charge in [0.25, 0.3) is 0 Å². The van der Waals surface area contributed by atoms with Gasteiger partial charge in [0.2, 0.25) is 0 Å². The van der Waals surface area contributed by atoms with E-state index in [0.717, 1.165) is 51.2 Å². The lowest BCUT2D eigenvalue weighted by Gasteiger charge is -2.41. The van der Waals surface area contributed by atoms with Gasteiger partial charge in [-0.2, -0.15) is 0 Å². The summed E-state index contributed by atoms with van der Waals surface area (Å²) >= 11 is 0. The first kappa shape index (κ1) is 15.8. The smallest absolute Gasteiger partial charge is 0.310 e. The highest BCUT2D eigenvalue weighted by Gasteiger charge is 2.42. The molecule has 1 saturated carbocycles. The van der Waals surface area contributed by atoms with Gasteiger partial charge in [-0.1, -0.05) is 26.7 Å². The maximum absolute atomic E-state index is 11.8. The molecule has 0 aromatic carbocycles. The molecule has 0 radical (unpaired) electrons. The fraction of sp³-hybridized carbons (Fsp3) is 0.941. The molecule has 0 bridgehead atoms. The second-order valence-corrected chi connectivity index (χ2v) is 7.28. The van der Waals surface area contributed by atoms with Crippen molar-refractivity contribution in [3.8, 4) is 0 Å². The molecular weight excluding hydrogens is 250 g/mol. The molecule has 3 heteroatoms. The number of carboxylic acid groups (broad SMARTS) is 1. The van der Waals surface area contributed by atoms with Crippen molar-refractivity contribution >= 4 is 5.97 Å². The molecule has 1 heterocycles. The number of carbonyl (C=O) groups is 1. The van der Waals surface area contributed by atoms with Crippen LogP contribution in [0.15, 0.2) is 0 Å². The maximum atomic E-state index is 11.8. The molecule has 0 atom stereocenters. The van der Waals surface area contributed by atoms with Gasteiger partial charge in [0.1, 0.15) is 0 Å². The lowest BCUT2D eigenvalue weighted by molar-refractivity contribution is -0.153. The van der Waals surface area contributed by atoms with Gasteiger partial charge in [0.05, 0.1) is 5.41 Å². The summed E-state index contributed by atoms with van der Waals surface area (Å²) in [6.45, 7) is 7.51. The minimum absolute atomic E-state index is 0.454. The first-order valence-electron chi connectivity index (χ1n) is 8.51. The van der Waals surface area contributed by atoms with Gasteiger partial charge in [-0.3, -0.25) is 4.79 Å². The molecule has 116 valence electrons. The first-order chi connectivity index (χ1) is 9.55. The summed E-state index contributed by atoms with van der Waals surface area (Å²) in [7, 11) is 0. The van der Waals surface area contributed by atoms with E-state index in [4.69, 9.17) is 0 Å². The molecule has 0 unspecified atom stereocenters. The van der Waals surface area contributed by atoms with E-state index in [-0.39, 0.29) is 0 Å². The summed E-state index contributed by atoms with van der Waals surface area (Å²) in [5, 5.41) is 9.72. The summed E-state index contributed by atoms with van der Waals surface area (Å²) in [5.74, 6) is 1.03. The van der Waals surface area contributed by atoms with Crippen molar-refractivity contribution < 1.29 is 9.90 Å². The van der Waals surface area contributed by atoms with E-state index in [9.17, 15) is 9.90 Å². The van der Waals surface area contributed by atoms with Crippen molar-refractivity contribution in [1.82, 2.24) is 4.90 Å². The van der Waals surface area contributed by atoms with E-state index in [1.807, 2.05) is 0 Å². The maximum Gasteiger partial charge on any atom is 0.310 e. The zero-order valence-electron chi connectivity index (χ0n) is 13.2. The number of aliphatic carboxylic acids is 1. The highest BCUT2D eigenvalue weighted by molar-refractivity contribution is 5.75. The normalized spacial score (nSPS) is 33.2. The van der Waals surface area contributed by atoms with E-state index in [2.05, 4.69) is 18.7 Å². The Labute approximate surface area is 123 Å². The van der Waals surface area contributed by atoms with Gasteiger partial charge in [0.15, 0.2) is 0 Å². The van der Waals surface area contributed by atoms with E-state index >= 15 is 0 Å². The van der Waals surface area contributed by atoms with Crippen LogP contribution in [0.2, 0.25) is 0 Å². The van der Waals surface area contributed by atoms with Crippen LogP contribution in [-0.2, 0) is 4.79 Å². The number of nitrogens with zero attached hydrogens (tertiary/aromatic N) is 1. The van der Waals surface area contributed by atoms with Gasteiger partial charge in [-0.25, -0.2) is 0 Å². The Morgan fingerprint density at radius 2 is 1.80 bits per heavy atom. The Bertz CT molecular complexity index is 313. The third-order valence-corrected chi connectivity index (χ3v) is 5.62. The number of rotatable bonds is 5. The van der Waals surface area contributed by atoms with Gasteiger partial charge in [-0.05, 0) is 63.5 Å². The molecule has 1 aliphatic carbocycles. The Balaban J connectivity index is 1.88. The van der Waals surface area contributed by atoms with E-state index in [0.29, 0.717) is 5.92 Å². The number of piperidine rings is 1. The molecule has 0 aromatic rings.